The maximum absolute atomic E-state index is 12.5. The fourth-order valence-corrected chi connectivity index (χ4v) is 4.38. The van der Waals surface area contributed by atoms with E-state index in [1.165, 1.54) is 18.4 Å². The Bertz CT molecular complexity index is 1140. The molecular weight excluding hydrogens is 388 g/mol. The van der Waals surface area contributed by atoms with Gasteiger partial charge in [0.2, 0.25) is 5.91 Å². The molecule has 0 atom stereocenters. The second kappa shape index (κ2) is 9.48. The van der Waals surface area contributed by atoms with Crippen molar-refractivity contribution in [3.05, 3.63) is 80.7 Å². The maximum atomic E-state index is 12.5. The van der Waals surface area contributed by atoms with E-state index in [9.17, 15) is 9.59 Å². The molecule has 2 aromatic carbocycles. The van der Waals surface area contributed by atoms with Crippen molar-refractivity contribution in [3.8, 4) is 0 Å². The molecule has 2 heterocycles. The Labute approximate surface area is 183 Å². The molecule has 1 saturated heterocycles. The minimum absolute atomic E-state index is 0.0567. The van der Waals surface area contributed by atoms with Gasteiger partial charge in [0.05, 0.1) is 0 Å². The van der Waals surface area contributed by atoms with Crippen LogP contribution in [0.4, 0.5) is 0 Å². The number of aryl methyl sites for hydroxylation is 2. The van der Waals surface area contributed by atoms with Gasteiger partial charge in [-0.2, -0.15) is 0 Å². The molecule has 31 heavy (non-hydrogen) atoms. The fraction of sp³-hybridized carbons (Fsp3) is 0.385. The minimum Gasteiger partial charge on any atom is -0.423 e. The SMILES string of the molecule is Cc1ccc2c(C)c(CCC(=O)NCc3ccccc3CN3CCCC3)c(=O)oc2c1. The Balaban J connectivity index is 1.38. The van der Waals surface area contributed by atoms with Gasteiger partial charge in [-0.3, -0.25) is 9.69 Å². The zero-order valence-electron chi connectivity index (χ0n) is 18.4. The lowest BCUT2D eigenvalue weighted by Crippen LogP contribution is -2.26. The maximum Gasteiger partial charge on any atom is 0.339 e. The summed E-state index contributed by atoms with van der Waals surface area (Å²) in [7, 11) is 0. The predicted octanol–water partition coefficient (Wildman–Crippen LogP) is 4.25. The van der Waals surface area contributed by atoms with E-state index < -0.39 is 0 Å². The summed E-state index contributed by atoms with van der Waals surface area (Å²) in [6.45, 7) is 7.63. The molecule has 1 fully saturated rings. The molecule has 1 N–H and O–H groups in total. The number of fused-ring (bicyclic) bond motifs is 1. The molecule has 4 rings (SSSR count). The van der Waals surface area contributed by atoms with Crippen molar-refractivity contribution in [2.45, 2.75) is 52.6 Å². The molecular formula is C26H30N2O3. The Morgan fingerprint density at radius 2 is 1.81 bits per heavy atom. The van der Waals surface area contributed by atoms with E-state index in [1.807, 2.05) is 38.1 Å². The highest BCUT2D eigenvalue weighted by molar-refractivity contribution is 5.82. The number of carbonyl (C=O) groups excluding carboxylic acids is 1. The third-order valence-electron chi connectivity index (χ3n) is 6.23. The number of amides is 1. The van der Waals surface area contributed by atoms with Gasteiger partial charge in [0, 0.05) is 30.5 Å². The monoisotopic (exact) mass is 418 g/mol. The Kier molecular flexibility index (Phi) is 6.52. The van der Waals surface area contributed by atoms with Crippen molar-refractivity contribution in [2.75, 3.05) is 13.1 Å². The lowest BCUT2D eigenvalue weighted by Gasteiger charge is -2.17. The van der Waals surface area contributed by atoms with Crippen LogP contribution in [0.3, 0.4) is 0 Å². The lowest BCUT2D eigenvalue weighted by atomic mass is 10.0. The van der Waals surface area contributed by atoms with Gasteiger partial charge in [-0.1, -0.05) is 36.4 Å². The van der Waals surface area contributed by atoms with Gasteiger partial charge in [-0.05, 0) is 74.5 Å². The van der Waals surface area contributed by atoms with E-state index in [0.29, 0.717) is 24.1 Å². The minimum atomic E-state index is -0.348. The van der Waals surface area contributed by atoms with Crippen LogP contribution in [-0.2, 0) is 24.3 Å². The lowest BCUT2D eigenvalue weighted by molar-refractivity contribution is -0.121. The molecule has 5 nitrogen and oxygen atoms in total. The van der Waals surface area contributed by atoms with E-state index in [4.69, 9.17) is 4.42 Å². The Hall–Kier alpha value is -2.92. The highest BCUT2D eigenvalue weighted by Crippen LogP contribution is 2.21. The first-order valence-electron chi connectivity index (χ1n) is 11.1. The van der Waals surface area contributed by atoms with E-state index in [1.54, 1.807) is 0 Å². The number of benzene rings is 2. The molecule has 1 aromatic heterocycles. The highest BCUT2D eigenvalue weighted by Gasteiger charge is 2.15. The Morgan fingerprint density at radius 1 is 1.06 bits per heavy atom. The van der Waals surface area contributed by atoms with Crippen molar-refractivity contribution >= 4 is 16.9 Å². The van der Waals surface area contributed by atoms with E-state index in [2.05, 4.69) is 28.4 Å². The molecule has 162 valence electrons. The second-order valence-corrected chi connectivity index (χ2v) is 8.52. The first-order valence-corrected chi connectivity index (χ1v) is 11.1. The van der Waals surface area contributed by atoms with Crippen LogP contribution < -0.4 is 10.9 Å². The van der Waals surface area contributed by atoms with Crippen LogP contribution >= 0.6 is 0 Å². The molecule has 1 aliphatic heterocycles. The van der Waals surface area contributed by atoms with Crippen LogP contribution in [0.2, 0.25) is 0 Å². The van der Waals surface area contributed by atoms with Crippen molar-refractivity contribution in [1.29, 1.82) is 0 Å². The molecule has 1 aliphatic rings. The van der Waals surface area contributed by atoms with Crippen LogP contribution in [0.25, 0.3) is 11.0 Å². The number of hydrogen-bond donors (Lipinski definition) is 1. The zero-order chi connectivity index (χ0) is 21.8. The van der Waals surface area contributed by atoms with Crippen LogP contribution in [0, 0.1) is 13.8 Å². The molecule has 1 amide bonds. The van der Waals surface area contributed by atoms with Crippen molar-refractivity contribution in [1.82, 2.24) is 10.2 Å². The van der Waals surface area contributed by atoms with Crippen LogP contribution in [0.5, 0.6) is 0 Å². The van der Waals surface area contributed by atoms with Gasteiger partial charge in [-0.25, -0.2) is 4.79 Å². The number of rotatable bonds is 7. The second-order valence-electron chi connectivity index (χ2n) is 8.52. The van der Waals surface area contributed by atoms with Crippen LogP contribution in [-0.4, -0.2) is 23.9 Å². The van der Waals surface area contributed by atoms with E-state index in [0.717, 1.165) is 41.7 Å². The summed E-state index contributed by atoms with van der Waals surface area (Å²) >= 11 is 0. The molecule has 0 unspecified atom stereocenters. The quantitative estimate of drug-likeness (QED) is 0.583. The number of hydrogen-bond acceptors (Lipinski definition) is 4. The van der Waals surface area contributed by atoms with E-state index >= 15 is 0 Å². The summed E-state index contributed by atoms with van der Waals surface area (Å²) in [4.78, 5) is 27.4. The van der Waals surface area contributed by atoms with Crippen LogP contribution in [0.1, 0.15) is 47.1 Å². The highest BCUT2D eigenvalue weighted by atomic mass is 16.4. The molecule has 0 bridgehead atoms. The predicted molar refractivity (Wildman–Crippen MR) is 123 cm³/mol. The van der Waals surface area contributed by atoms with Gasteiger partial charge in [0.1, 0.15) is 5.58 Å². The van der Waals surface area contributed by atoms with Gasteiger partial charge < -0.3 is 9.73 Å². The van der Waals surface area contributed by atoms with Gasteiger partial charge >= 0.3 is 5.63 Å². The summed E-state index contributed by atoms with van der Waals surface area (Å²) in [5.74, 6) is -0.0567. The molecule has 0 aliphatic carbocycles. The smallest absolute Gasteiger partial charge is 0.339 e. The first kappa shape index (κ1) is 21.3. The fourth-order valence-electron chi connectivity index (χ4n) is 4.38. The summed E-state index contributed by atoms with van der Waals surface area (Å²) in [5.41, 5.74) is 5.21. The topological polar surface area (TPSA) is 62.6 Å². The average molecular weight is 419 g/mol. The molecule has 3 aromatic rings. The van der Waals surface area contributed by atoms with E-state index in [-0.39, 0.29) is 18.0 Å². The van der Waals surface area contributed by atoms with Crippen LogP contribution in [0.15, 0.2) is 51.7 Å². The normalized spacial score (nSPS) is 14.3. The van der Waals surface area contributed by atoms with Gasteiger partial charge in [-0.15, -0.1) is 0 Å². The van der Waals surface area contributed by atoms with Crippen molar-refractivity contribution in [2.24, 2.45) is 0 Å². The summed E-state index contributed by atoms with van der Waals surface area (Å²) in [5, 5.41) is 3.96. The van der Waals surface area contributed by atoms with Gasteiger partial charge in [0.25, 0.3) is 0 Å². The summed E-state index contributed by atoms with van der Waals surface area (Å²) in [6, 6.07) is 14.1. The number of nitrogens with one attached hydrogen (secondary N) is 1. The first-order chi connectivity index (χ1) is 15.0. The summed E-state index contributed by atoms with van der Waals surface area (Å²) < 4.78 is 5.50. The average Bonchev–Trinajstić information content (AvgIpc) is 3.26. The largest absolute Gasteiger partial charge is 0.423 e. The molecule has 0 saturated carbocycles. The zero-order valence-corrected chi connectivity index (χ0v) is 18.4. The molecule has 0 radical (unpaired) electrons. The third-order valence-corrected chi connectivity index (χ3v) is 6.23. The third kappa shape index (κ3) is 5.05. The standard InChI is InChI=1S/C26H30N2O3/c1-18-9-10-22-19(2)23(26(30)31-24(22)15-18)11-12-25(29)27-16-20-7-3-4-8-21(20)17-28-13-5-6-14-28/h3-4,7-10,15H,5-6,11-14,16-17H2,1-2H3,(H,27,29). The number of nitrogens with zero attached hydrogens (tertiary/aromatic N) is 1. The molecule has 0 spiro atoms. The van der Waals surface area contributed by atoms with Crippen molar-refractivity contribution < 1.29 is 9.21 Å². The Morgan fingerprint density at radius 3 is 2.58 bits per heavy atom. The molecule has 5 heteroatoms. The number of carbonyl (C=O) groups is 1. The van der Waals surface area contributed by atoms with Crippen molar-refractivity contribution in [3.63, 3.8) is 0 Å². The summed E-state index contributed by atoms with van der Waals surface area (Å²) in [6.07, 6.45) is 3.16. The van der Waals surface area contributed by atoms with Gasteiger partial charge in [0.15, 0.2) is 0 Å². The number of likely N-dealkylation sites (tertiary alicyclic amines) is 1.